The van der Waals surface area contributed by atoms with E-state index in [-0.39, 0.29) is 10.8 Å². The highest BCUT2D eigenvalue weighted by molar-refractivity contribution is 7.89. The largest absolute Gasteiger partial charge is 0.371 e. The lowest BCUT2D eigenvalue weighted by molar-refractivity contribution is 0.102. The molecule has 2 aliphatic heterocycles. The van der Waals surface area contributed by atoms with Crippen LogP contribution in [0.5, 0.6) is 0 Å². The van der Waals surface area contributed by atoms with Gasteiger partial charge in [0.1, 0.15) is 0 Å². The Bertz CT molecular complexity index is 995. The summed E-state index contributed by atoms with van der Waals surface area (Å²) in [6, 6.07) is 14.1. The van der Waals surface area contributed by atoms with Crippen molar-refractivity contribution in [3.05, 3.63) is 54.1 Å². The molecule has 0 spiro atoms. The number of sulfonamides is 1. The quantitative estimate of drug-likeness (QED) is 0.749. The molecule has 7 heteroatoms. The molecule has 31 heavy (non-hydrogen) atoms. The molecular formula is C24H31N3O3S. The van der Waals surface area contributed by atoms with Crippen molar-refractivity contribution >= 4 is 27.3 Å². The molecule has 2 aromatic carbocycles. The minimum atomic E-state index is -3.51. The van der Waals surface area contributed by atoms with E-state index in [0.717, 1.165) is 44.5 Å². The maximum absolute atomic E-state index is 12.9. The summed E-state index contributed by atoms with van der Waals surface area (Å²) < 4.78 is 27.4. The fourth-order valence-electron chi connectivity index (χ4n) is 4.34. The van der Waals surface area contributed by atoms with Crippen molar-refractivity contribution in [1.82, 2.24) is 4.31 Å². The van der Waals surface area contributed by atoms with Crippen LogP contribution in [0.25, 0.3) is 0 Å². The molecule has 4 rings (SSSR count). The van der Waals surface area contributed by atoms with Crippen molar-refractivity contribution in [2.24, 2.45) is 5.92 Å². The van der Waals surface area contributed by atoms with Crippen LogP contribution in [-0.2, 0) is 10.0 Å². The first kappa shape index (κ1) is 21.8. The molecule has 6 nitrogen and oxygen atoms in total. The van der Waals surface area contributed by atoms with Crippen LogP contribution in [0.1, 0.15) is 49.4 Å². The Labute approximate surface area is 185 Å². The number of nitrogens with zero attached hydrogens (tertiary/aromatic N) is 2. The molecule has 0 aliphatic carbocycles. The molecule has 0 bridgehead atoms. The smallest absolute Gasteiger partial charge is 0.255 e. The molecule has 2 saturated heterocycles. The van der Waals surface area contributed by atoms with Crippen LogP contribution in [0.3, 0.4) is 0 Å². The first-order chi connectivity index (χ1) is 14.9. The normalized spacial score (nSPS) is 20.4. The van der Waals surface area contributed by atoms with Gasteiger partial charge in [0.15, 0.2) is 0 Å². The van der Waals surface area contributed by atoms with E-state index in [9.17, 15) is 13.2 Å². The Kier molecular flexibility index (Phi) is 6.62. The number of anilines is 2. The molecule has 2 aliphatic rings. The standard InChI is InChI=1S/C24H31N3O3S/c1-19-14-17-26(18-19)22-10-8-21(9-11-22)25-24(28)20-6-12-23(13-7-20)31(29,30)27-15-4-2-3-5-16-27/h6-13,19H,2-5,14-18H2,1H3,(H,25,28). The lowest BCUT2D eigenvalue weighted by Crippen LogP contribution is -2.31. The number of hydrogen-bond donors (Lipinski definition) is 1. The van der Waals surface area contributed by atoms with Crippen LogP contribution < -0.4 is 10.2 Å². The van der Waals surface area contributed by atoms with E-state index in [2.05, 4.69) is 17.1 Å². The second kappa shape index (κ2) is 9.40. The zero-order valence-electron chi connectivity index (χ0n) is 18.1. The van der Waals surface area contributed by atoms with Crippen LogP contribution in [0.15, 0.2) is 53.4 Å². The summed E-state index contributed by atoms with van der Waals surface area (Å²) in [7, 11) is -3.51. The van der Waals surface area contributed by atoms with Gasteiger partial charge in [-0.3, -0.25) is 4.79 Å². The highest BCUT2D eigenvalue weighted by Gasteiger charge is 2.25. The van der Waals surface area contributed by atoms with Crippen LogP contribution in [0, 0.1) is 5.92 Å². The lowest BCUT2D eigenvalue weighted by atomic mass is 10.2. The summed E-state index contributed by atoms with van der Waals surface area (Å²) >= 11 is 0. The predicted molar refractivity (Wildman–Crippen MR) is 124 cm³/mol. The number of rotatable bonds is 5. The summed E-state index contributed by atoms with van der Waals surface area (Å²) in [6.07, 6.45) is 5.15. The number of amides is 1. The molecule has 166 valence electrons. The molecule has 1 N–H and O–H groups in total. The fraction of sp³-hybridized carbons (Fsp3) is 0.458. The van der Waals surface area contributed by atoms with Gasteiger partial charge >= 0.3 is 0 Å². The van der Waals surface area contributed by atoms with Crippen LogP contribution >= 0.6 is 0 Å². The van der Waals surface area contributed by atoms with Gasteiger partial charge in [0, 0.05) is 43.1 Å². The van der Waals surface area contributed by atoms with Gasteiger partial charge in [0.05, 0.1) is 4.90 Å². The van der Waals surface area contributed by atoms with Crippen molar-refractivity contribution in [3.8, 4) is 0 Å². The van der Waals surface area contributed by atoms with Crippen molar-refractivity contribution in [1.29, 1.82) is 0 Å². The number of hydrogen-bond acceptors (Lipinski definition) is 4. The summed E-state index contributed by atoms with van der Waals surface area (Å²) in [5, 5.41) is 2.90. The van der Waals surface area contributed by atoms with E-state index in [1.807, 2.05) is 24.3 Å². The minimum Gasteiger partial charge on any atom is -0.371 e. The van der Waals surface area contributed by atoms with E-state index in [1.54, 1.807) is 16.4 Å². The first-order valence-electron chi connectivity index (χ1n) is 11.2. The molecule has 0 aromatic heterocycles. The molecule has 2 heterocycles. The monoisotopic (exact) mass is 441 g/mol. The van der Waals surface area contributed by atoms with E-state index in [0.29, 0.717) is 24.6 Å². The fourth-order valence-corrected chi connectivity index (χ4v) is 5.85. The zero-order valence-corrected chi connectivity index (χ0v) is 18.9. The van der Waals surface area contributed by atoms with Crippen molar-refractivity contribution < 1.29 is 13.2 Å². The van der Waals surface area contributed by atoms with Crippen molar-refractivity contribution in [3.63, 3.8) is 0 Å². The maximum Gasteiger partial charge on any atom is 0.255 e. The van der Waals surface area contributed by atoms with Crippen LogP contribution in [0.2, 0.25) is 0 Å². The third kappa shape index (κ3) is 5.10. The molecule has 0 saturated carbocycles. The Hall–Kier alpha value is -2.38. The molecule has 0 radical (unpaired) electrons. The SMILES string of the molecule is CC1CCN(c2ccc(NC(=O)c3ccc(S(=O)(=O)N4CCCCCC4)cc3)cc2)C1. The molecule has 2 fully saturated rings. The average Bonchev–Trinajstić information content (AvgIpc) is 3.02. The second-order valence-corrected chi connectivity index (χ2v) is 10.6. The molecule has 2 aromatic rings. The number of benzene rings is 2. The number of carbonyl (C=O) groups excluding carboxylic acids is 1. The Morgan fingerprint density at radius 1 is 0.903 bits per heavy atom. The van der Waals surface area contributed by atoms with Crippen LogP contribution in [0.4, 0.5) is 11.4 Å². The Morgan fingerprint density at radius 2 is 1.55 bits per heavy atom. The van der Waals surface area contributed by atoms with Gasteiger partial charge in [-0.2, -0.15) is 4.31 Å². The summed E-state index contributed by atoms with van der Waals surface area (Å²) in [6.45, 7) is 5.53. The van der Waals surface area contributed by atoms with Gasteiger partial charge in [-0.15, -0.1) is 0 Å². The van der Waals surface area contributed by atoms with Crippen LogP contribution in [-0.4, -0.2) is 44.8 Å². The predicted octanol–water partition coefficient (Wildman–Crippen LogP) is 4.35. The lowest BCUT2D eigenvalue weighted by Gasteiger charge is -2.20. The first-order valence-corrected chi connectivity index (χ1v) is 12.6. The van der Waals surface area contributed by atoms with Gasteiger partial charge in [0.25, 0.3) is 5.91 Å². The van der Waals surface area contributed by atoms with Gasteiger partial charge < -0.3 is 10.2 Å². The van der Waals surface area contributed by atoms with Gasteiger partial charge in [-0.1, -0.05) is 19.8 Å². The third-order valence-electron chi connectivity index (χ3n) is 6.23. The molecule has 1 unspecified atom stereocenters. The maximum atomic E-state index is 12.9. The van der Waals surface area contributed by atoms with E-state index in [1.165, 1.54) is 24.2 Å². The average molecular weight is 442 g/mol. The highest BCUT2D eigenvalue weighted by atomic mass is 32.2. The number of nitrogens with one attached hydrogen (secondary N) is 1. The van der Waals surface area contributed by atoms with E-state index < -0.39 is 10.0 Å². The molecule has 1 atom stereocenters. The summed E-state index contributed by atoms with van der Waals surface area (Å²) in [5.74, 6) is 0.465. The van der Waals surface area contributed by atoms with E-state index in [4.69, 9.17) is 0 Å². The third-order valence-corrected chi connectivity index (χ3v) is 8.15. The van der Waals surface area contributed by atoms with Gasteiger partial charge in [-0.25, -0.2) is 8.42 Å². The van der Waals surface area contributed by atoms with Gasteiger partial charge in [0.2, 0.25) is 10.0 Å². The zero-order chi connectivity index (χ0) is 21.8. The minimum absolute atomic E-state index is 0.246. The van der Waals surface area contributed by atoms with E-state index >= 15 is 0 Å². The Balaban J connectivity index is 1.40. The summed E-state index contributed by atoms with van der Waals surface area (Å²) in [4.78, 5) is 15.2. The van der Waals surface area contributed by atoms with Gasteiger partial charge in [-0.05, 0) is 73.7 Å². The molecular weight excluding hydrogens is 410 g/mol. The highest BCUT2D eigenvalue weighted by Crippen LogP contribution is 2.25. The summed E-state index contributed by atoms with van der Waals surface area (Å²) in [5.41, 5.74) is 2.33. The second-order valence-electron chi connectivity index (χ2n) is 8.68. The Morgan fingerprint density at radius 3 is 2.13 bits per heavy atom. The van der Waals surface area contributed by atoms with Crippen molar-refractivity contribution in [2.45, 2.75) is 43.9 Å². The molecule has 1 amide bonds. The topological polar surface area (TPSA) is 69.7 Å². The van der Waals surface area contributed by atoms with Crippen molar-refractivity contribution in [2.75, 3.05) is 36.4 Å². The number of carbonyl (C=O) groups is 1.